The summed E-state index contributed by atoms with van der Waals surface area (Å²) < 4.78 is 11.3. The summed E-state index contributed by atoms with van der Waals surface area (Å²) in [6, 6.07) is 14.8. The smallest absolute Gasteiger partial charge is 0.189 e. The molecule has 0 bridgehead atoms. The third-order valence-electron chi connectivity index (χ3n) is 4.50. The van der Waals surface area contributed by atoms with Crippen LogP contribution in [0.5, 0.6) is 23.0 Å². The highest BCUT2D eigenvalue weighted by Crippen LogP contribution is 2.26. The van der Waals surface area contributed by atoms with Crippen LogP contribution in [-0.2, 0) is 6.61 Å². The number of aryl methyl sites for hydroxylation is 1. The molecule has 30 heavy (non-hydrogen) atoms. The number of ether oxygens (including phenoxy) is 2. The minimum atomic E-state index is -0.377. The average molecular weight is 425 g/mol. The maximum absolute atomic E-state index is 12.3. The Hall–Kier alpha value is -3.44. The normalized spacial score (nSPS) is 10.9. The molecule has 0 aromatic heterocycles. The molecule has 0 radical (unpaired) electrons. The number of phenols is 2. The minimum Gasteiger partial charge on any atom is -0.508 e. The lowest BCUT2D eigenvalue weighted by Gasteiger charge is -2.12. The summed E-state index contributed by atoms with van der Waals surface area (Å²) in [6.07, 6.45) is 3.01. The van der Waals surface area contributed by atoms with Crippen molar-refractivity contribution in [2.24, 2.45) is 0 Å². The first-order valence-corrected chi connectivity index (χ1v) is 9.55. The lowest BCUT2D eigenvalue weighted by molar-refractivity contribution is 0.104. The van der Waals surface area contributed by atoms with Gasteiger partial charge in [0.2, 0.25) is 0 Å². The van der Waals surface area contributed by atoms with E-state index < -0.39 is 0 Å². The molecule has 0 fully saturated rings. The van der Waals surface area contributed by atoms with E-state index in [0.29, 0.717) is 16.5 Å². The van der Waals surface area contributed by atoms with Gasteiger partial charge >= 0.3 is 0 Å². The Labute approximate surface area is 179 Å². The number of hydrogen-bond donors (Lipinski definition) is 2. The predicted molar refractivity (Wildman–Crippen MR) is 117 cm³/mol. The van der Waals surface area contributed by atoms with Crippen LogP contribution < -0.4 is 9.47 Å². The number of allylic oxidation sites excluding steroid dienone is 1. The topological polar surface area (TPSA) is 76.0 Å². The predicted octanol–water partition coefficient (Wildman–Crippen LogP) is 5.54. The molecule has 0 saturated carbocycles. The van der Waals surface area contributed by atoms with Gasteiger partial charge in [0.15, 0.2) is 5.78 Å². The second-order valence-corrected chi connectivity index (χ2v) is 7.08. The summed E-state index contributed by atoms with van der Waals surface area (Å²) in [7, 11) is 1.58. The van der Waals surface area contributed by atoms with E-state index in [1.54, 1.807) is 31.4 Å². The van der Waals surface area contributed by atoms with Gasteiger partial charge in [0.25, 0.3) is 0 Å². The number of carbonyl (C=O) groups is 1. The van der Waals surface area contributed by atoms with Crippen LogP contribution in [0.15, 0.2) is 60.7 Å². The van der Waals surface area contributed by atoms with E-state index in [1.165, 1.54) is 18.2 Å². The van der Waals surface area contributed by atoms with Crippen molar-refractivity contribution >= 4 is 23.5 Å². The van der Waals surface area contributed by atoms with Crippen LogP contribution in [0.4, 0.5) is 0 Å². The number of carbonyl (C=O) groups excluding carboxylic acids is 1. The third-order valence-corrected chi connectivity index (χ3v) is 4.93. The first kappa shape index (κ1) is 21.3. The summed E-state index contributed by atoms with van der Waals surface area (Å²) in [4.78, 5) is 12.3. The molecular formula is C24H21ClO5. The van der Waals surface area contributed by atoms with Crippen LogP contribution in [0.3, 0.4) is 0 Å². The summed E-state index contributed by atoms with van der Waals surface area (Å²) in [6.45, 7) is 2.18. The highest BCUT2D eigenvalue weighted by molar-refractivity contribution is 6.31. The second kappa shape index (κ2) is 9.37. The standard InChI is InChI=1S/C24H21ClO5/c1-15-11-19(6-8-21(15)25)30-14-17-12-16(4-10-24(17)29-2)3-9-22(27)20-7-5-18(26)13-23(20)28/h3-13,26,28H,14H2,1-2H3. The molecule has 5 nitrogen and oxygen atoms in total. The van der Waals surface area contributed by atoms with E-state index in [-0.39, 0.29) is 29.5 Å². The van der Waals surface area contributed by atoms with Crippen molar-refractivity contribution in [3.8, 4) is 23.0 Å². The quantitative estimate of drug-likeness (QED) is 0.384. The molecule has 0 spiro atoms. The number of ketones is 1. The van der Waals surface area contributed by atoms with Gasteiger partial charge in [-0.3, -0.25) is 4.79 Å². The van der Waals surface area contributed by atoms with Gasteiger partial charge in [-0.25, -0.2) is 0 Å². The van der Waals surface area contributed by atoms with Crippen molar-refractivity contribution in [3.63, 3.8) is 0 Å². The molecule has 3 rings (SSSR count). The van der Waals surface area contributed by atoms with Gasteiger partial charge < -0.3 is 19.7 Å². The van der Waals surface area contributed by atoms with Crippen LogP contribution in [-0.4, -0.2) is 23.1 Å². The lowest BCUT2D eigenvalue weighted by Crippen LogP contribution is -2.00. The number of halogens is 1. The van der Waals surface area contributed by atoms with Gasteiger partial charge in [-0.15, -0.1) is 0 Å². The first-order chi connectivity index (χ1) is 14.4. The van der Waals surface area contributed by atoms with Crippen molar-refractivity contribution in [1.82, 2.24) is 0 Å². The molecule has 3 aromatic rings. The van der Waals surface area contributed by atoms with Crippen LogP contribution in [0.2, 0.25) is 5.02 Å². The van der Waals surface area contributed by atoms with E-state index in [2.05, 4.69) is 0 Å². The van der Waals surface area contributed by atoms with E-state index in [4.69, 9.17) is 21.1 Å². The van der Waals surface area contributed by atoms with E-state index in [1.807, 2.05) is 25.1 Å². The number of hydrogen-bond acceptors (Lipinski definition) is 5. The Kier molecular flexibility index (Phi) is 6.65. The summed E-state index contributed by atoms with van der Waals surface area (Å²) in [5.41, 5.74) is 2.62. The van der Waals surface area contributed by atoms with Gasteiger partial charge in [0.05, 0.1) is 12.7 Å². The van der Waals surface area contributed by atoms with Gasteiger partial charge in [-0.2, -0.15) is 0 Å². The van der Waals surface area contributed by atoms with E-state index in [9.17, 15) is 15.0 Å². The number of phenolic OH excluding ortho intramolecular Hbond substituents is 2. The highest BCUT2D eigenvalue weighted by Gasteiger charge is 2.10. The Bertz CT molecular complexity index is 1100. The van der Waals surface area contributed by atoms with Crippen LogP contribution in [0.1, 0.15) is 27.0 Å². The zero-order chi connectivity index (χ0) is 21.7. The fourth-order valence-corrected chi connectivity index (χ4v) is 2.99. The zero-order valence-corrected chi connectivity index (χ0v) is 17.3. The minimum absolute atomic E-state index is 0.108. The van der Waals surface area contributed by atoms with Crippen molar-refractivity contribution in [3.05, 3.63) is 87.9 Å². The monoisotopic (exact) mass is 424 g/mol. The number of aromatic hydroxyl groups is 2. The third kappa shape index (κ3) is 5.13. The Balaban J connectivity index is 1.77. The van der Waals surface area contributed by atoms with E-state index in [0.717, 1.165) is 22.8 Å². The Morgan fingerprint density at radius 1 is 1.07 bits per heavy atom. The fourth-order valence-electron chi connectivity index (χ4n) is 2.87. The van der Waals surface area contributed by atoms with Gasteiger partial charge in [0.1, 0.15) is 29.6 Å². The molecule has 154 valence electrons. The summed E-state index contributed by atoms with van der Waals surface area (Å²) in [5, 5.41) is 19.9. The molecule has 0 heterocycles. The van der Waals surface area contributed by atoms with Crippen molar-refractivity contribution in [2.75, 3.05) is 7.11 Å². The summed E-state index contributed by atoms with van der Waals surface area (Å²) >= 11 is 6.05. The zero-order valence-electron chi connectivity index (χ0n) is 16.6. The maximum Gasteiger partial charge on any atom is 0.189 e. The Morgan fingerprint density at radius 2 is 1.87 bits per heavy atom. The number of benzene rings is 3. The molecule has 0 unspecified atom stereocenters. The fraction of sp³-hybridized carbons (Fsp3) is 0.125. The molecule has 0 saturated heterocycles. The van der Waals surface area contributed by atoms with Crippen LogP contribution in [0.25, 0.3) is 6.08 Å². The van der Waals surface area contributed by atoms with Crippen LogP contribution >= 0.6 is 11.6 Å². The molecule has 0 aliphatic carbocycles. The number of methoxy groups -OCH3 is 1. The van der Waals surface area contributed by atoms with Gasteiger partial charge in [-0.05, 0) is 66.6 Å². The second-order valence-electron chi connectivity index (χ2n) is 6.67. The largest absolute Gasteiger partial charge is 0.508 e. The first-order valence-electron chi connectivity index (χ1n) is 9.17. The highest BCUT2D eigenvalue weighted by atomic mass is 35.5. The molecule has 3 aromatic carbocycles. The molecular weight excluding hydrogens is 404 g/mol. The Morgan fingerprint density at radius 3 is 2.57 bits per heavy atom. The molecule has 0 aliphatic heterocycles. The molecule has 0 atom stereocenters. The molecule has 0 aliphatic rings. The van der Waals surface area contributed by atoms with Crippen molar-refractivity contribution < 1.29 is 24.5 Å². The maximum atomic E-state index is 12.3. The van der Waals surface area contributed by atoms with E-state index >= 15 is 0 Å². The van der Waals surface area contributed by atoms with Crippen molar-refractivity contribution in [1.29, 1.82) is 0 Å². The van der Waals surface area contributed by atoms with Crippen LogP contribution in [0, 0.1) is 6.92 Å². The SMILES string of the molecule is COc1ccc(C=CC(=O)c2ccc(O)cc2O)cc1COc1ccc(Cl)c(C)c1. The molecule has 0 amide bonds. The molecule has 2 N–H and O–H groups in total. The summed E-state index contributed by atoms with van der Waals surface area (Å²) in [5.74, 6) is 0.603. The molecule has 6 heteroatoms. The number of rotatable bonds is 7. The van der Waals surface area contributed by atoms with Crippen molar-refractivity contribution in [2.45, 2.75) is 13.5 Å². The van der Waals surface area contributed by atoms with Gasteiger partial charge in [-0.1, -0.05) is 23.7 Å². The lowest BCUT2D eigenvalue weighted by atomic mass is 10.1. The average Bonchev–Trinajstić information content (AvgIpc) is 2.73. The van der Waals surface area contributed by atoms with Gasteiger partial charge in [0, 0.05) is 16.7 Å².